The Morgan fingerprint density at radius 3 is 2.11 bits per heavy atom. The maximum atomic E-state index is 6.46. The Balaban J connectivity index is 1.96. The van der Waals surface area contributed by atoms with Crippen LogP contribution in [0.3, 0.4) is 0 Å². The summed E-state index contributed by atoms with van der Waals surface area (Å²) in [4.78, 5) is 0. The van der Waals surface area contributed by atoms with Gasteiger partial charge < -0.3 is 10.5 Å². The molecular formula is C17H21NO. The van der Waals surface area contributed by atoms with E-state index in [4.69, 9.17) is 10.5 Å². The highest BCUT2D eigenvalue weighted by Crippen LogP contribution is 2.22. The van der Waals surface area contributed by atoms with Crippen LogP contribution in [0.4, 0.5) is 0 Å². The Labute approximate surface area is 115 Å². The Morgan fingerprint density at radius 1 is 0.947 bits per heavy atom. The van der Waals surface area contributed by atoms with Gasteiger partial charge in [-0.1, -0.05) is 67.6 Å². The van der Waals surface area contributed by atoms with Crippen molar-refractivity contribution in [3.05, 3.63) is 71.8 Å². The van der Waals surface area contributed by atoms with E-state index in [0.29, 0.717) is 13.2 Å². The molecule has 2 rings (SSSR count). The first-order valence-electron chi connectivity index (χ1n) is 6.71. The van der Waals surface area contributed by atoms with Crippen LogP contribution in [0.2, 0.25) is 0 Å². The lowest BCUT2D eigenvalue weighted by Crippen LogP contribution is -2.40. The maximum Gasteiger partial charge on any atom is 0.0717 e. The molecule has 2 nitrogen and oxygen atoms in total. The summed E-state index contributed by atoms with van der Waals surface area (Å²) >= 11 is 0. The first-order valence-corrected chi connectivity index (χ1v) is 6.71. The van der Waals surface area contributed by atoms with Crippen LogP contribution < -0.4 is 5.73 Å². The van der Waals surface area contributed by atoms with Crippen molar-refractivity contribution in [1.82, 2.24) is 0 Å². The van der Waals surface area contributed by atoms with Gasteiger partial charge in [-0.25, -0.2) is 0 Å². The second kappa shape index (κ2) is 6.50. The summed E-state index contributed by atoms with van der Waals surface area (Å²) in [6.07, 6.45) is 0.853. The SMILES string of the molecule is CCC(N)(COCc1ccccc1)c1ccccc1. The highest BCUT2D eigenvalue weighted by atomic mass is 16.5. The topological polar surface area (TPSA) is 35.2 Å². The molecule has 0 bridgehead atoms. The van der Waals surface area contributed by atoms with Crippen LogP contribution >= 0.6 is 0 Å². The predicted octanol–water partition coefficient (Wildman–Crippen LogP) is 3.47. The van der Waals surface area contributed by atoms with Gasteiger partial charge in [0, 0.05) is 0 Å². The summed E-state index contributed by atoms with van der Waals surface area (Å²) in [6.45, 7) is 3.23. The van der Waals surface area contributed by atoms with E-state index in [0.717, 1.165) is 12.0 Å². The number of benzene rings is 2. The van der Waals surface area contributed by atoms with E-state index in [-0.39, 0.29) is 0 Å². The minimum Gasteiger partial charge on any atom is -0.375 e. The number of hydrogen-bond acceptors (Lipinski definition) is 2. The third-order valence-corrected chi connectivity index (χ3v) is 3.45. The minimum atomic E-state index is -0.407. The molecule has 19 heavy (non-hydrogen) atoms. The van der Waals surface area contributed by atoms with Crippen molar-refractivity contribution in [3.8, 4) is 0 Å². The molecule has 0 aliphatic rings. The zero-order valence-corrected chi connectivity index (χ0v) is 11.4. The number of nitrogens with two attached hydrogens (primary N) is 1. The number of rotatable bonds is 6. The molecule has 0 fully saturated rings. The van der Waals surface area contributed by atoms with E-state index >= 15 is 0 Å². The van der Waals surface area contributed by atoms with Gasteiger partial charge in [-0.2, -0.15) is 0 Å². The molecule has 0 saturated carbocycles. The molecule has 2 heteroatoms. The largest absolute Gasteiger partial charge is 0.375 e. The molecule has 2 N–H and O–H groups in total. The fourth-order valence-corrected chi connectivity index (χ4v) is 2.08. The lowest BCUT2D eigenvalue weighted by Gasteiger charge is -2.28. The molecule has 1 unspecified atom stereocenters. The second-order valence-corrected chi connectivity index (χ2v) is 4.85. The van der Waals surface area contributed by atoms with Crippen molar-refractivity contribution in [2.45, 2.75) is 25.5 Å². The van der Waals surface area contributed by atoms with Gasteiger partial charge in [0.15, 0.2) is 0 Å². The Kier molecular flexibility index (Phi) is 4.72. The summed E-state index contributed by atoms with van der Waals surface area (Å²) in [5, 5.41) is 0. The van der Waals surface area contributed by atoms with Gasteiger partial charge in [0.25, 0.3) is 0 Å². The van der Waals surface area contributed by atoms with Crippen LogP contribution in [0.15, 0.2) is 60.7 Å². The lowest BCUT2D eigenvalue weighted by atomic mass is 9.89. The van der Waals surface area contributed by atoms with Gasteiger partial charge in [0.2, 0.25) is 0 Å². The quantitative estimate of drug-likeness (QED) is 0.858. The predicted molar refractivity (Wildman–Crippen MR) is 78.7 cm³/mol. The summed E-state index contributed by atoms with van der Waals surface area (Å²) < 4.78 is 5.81. The molecule has 2 aromatic rings. The van der Waals surface area contributed by atoms with E-state index in [2.05, 4.69) is 31.2 Å². The van der Waals surface area contributed by atoms with Crippen molar-refractivity contribution in [1.29, 1.82) is 0 Å². The minimum absolute atomic E-state index is 0.407. The van der Waals surface area contributed by atoms with E-state index < -0.39 is 5.54 Å². The summed E-state index contributed by atoms with van der Waals surface area (Å²) in [7, 11) is 0. The molecule has 0 aliphatic carbocycles. The standard InChI is InChI=1S/C17H21NO/c1-2-17(18,16-11-7-4-8-12-16)14-19-13-15-9-5-3-6-10-15/h3-12H,2,13-14,18H2,1H3. The average molecular weight is 255 g/mol. The molecule has 100 valence electrons. The fourth-order valence-electron chi connectivity index (χ4n) is 2.08. The summed E-state index contributed by atoms with van der Waals surface area (Å²) in [6, 6.07) is 20.3. The molecular weight excluding hydrogens is 234 g/mol. The monoisotopic (exact) mass is 255 g/mol. The van der Waals surface area contributed by atoms with Crippen molar-refractivity contribution >= 4 is 0 Å². The molecule has 2 aromatic carbocycles. The zero-order valence-electron chi connectivity index (χ0n) is 11.4. The first kappa shape index (κ1) is 13.8. The molecule has 0 heterocycles. The molecule has 0 aromatic heterocycles. The molecule has 0 radical (unpaired) electrons. The van der Waals surface area contributed by atoms with Gasteiger partial charge in [0.1, 0.15) is 0 Å². The third-order valence-electron chi connectivity index (χ3n) is 3.45. The van der Waals surface area contributed by atoms with Crippen LogP contribution in [0.5, 0.6) is 0 Å². The van der Waals surface area contributed by atoms with Crippen LogP contribution in [-0.4, -0.2) is 6.61 Å². The zero-order chi connectivity index (χ0) is 13.6. The number of hydrogen-bond donors (Lipinski definition) is 1. The average Bonchev–Trinajstić information content (AvgIpc) is 2.49. The smallest absolute Gasteiger partial charge is 0.0717 e. The van der Waals surface area contributed by atoms with Crippen LogP contribution in [0.25, 0.3) is 0 Å². The van der Waals surface area contributed by atoms with Gasteiger partial charge in [-0.15, -0.1) is 0 Å². The Morgan fingerprint density at radius 2 is 1.53 bits per heavy atom. The molecule has 0 saturated heterocycles. The lowest BCUT2D eigenvalue weighted by molar-refractivity contribution is 0.0702. The van der Waals surface area contributed by atoms with Gasteiger partial charge in [-0.3, -0.25) is 0 Å². The van der Waals surface area contributed by atoms with Gasteiger partial charge >= 0.3 is 0 Å². The van der Waals surface area contributed by atoms with E-state index in [1.807, 2.05) is 36.4 Å². The van der Waals surface area contributed by atoms with Gasteiger partial charge in [-0.05, 0) is 17.5 Å². The number of ether oxygens (including phenoxy) is 1. The normalized spacial score (nSPS) is 14.0. The van der Waals surface area contributed by atoms with E-state index in [1.54, 1.807) is 0 Å². The van der Waals surface area contributed by atoms with Crippen molar-refractivity contribution in [2.75, 3.05) is 6.61 Å². The summed E-state index contributed by atoms with van der Waals surface area (Å²) in [5.41, 5.74) is 8.36. The molecule has 0 amide bonds. The second-order valence-electron chi connectivity index (χ2n) is 4.85. The highest BCUT2D eigenvalue weighted by molar-refractivity contribution is 5.24. The third kappa shape index (κ3) is 3.66. The first-order chi connectivity index (χ1) is 9.24. The van der Waals surface area contributed by atoms with Crippen LogP contribution in [-0.2, 0) is 16.9 Å². The Bertz CT molecular complexity index is 483. The summed E-state index contributed by atoms with van der Waals surface area (Å²) in [5.74, 6) is 0. The van der Waals surface area contributed by atoms with Crippen LogP contribution in [0, 0.1) is 0 Å². The van der Waals surface area contributed by atoms with Gasteiger partial charge in [0.05, 0.1) is 18.8 Å². The van der Waals surface area contributed by atoms with E-state index in [1.165, 1.54) is 5.56 Å². The molecule has 0 spiro atoms. The Hall–Kier alpha value is -1.64. The fraction of sp³-hybridized carbons (Fsp3) is 0.294. The molecule has 1 atom stereocenters. The maximum absolute atomic E-state index is 6.46. The van der Waals surface area contributed by atoms with Crippen LogP contribution in [0.1, 0.15) is 24.5 Å². The van der Waals surface area contributed by atoms with Crippen molar-refractivity contribution in [2.24, 2.45) is 5.73 Å². The molecule has 0 aliphatic heterocycles. The highest BCUT2D eigenvalue weighted by Gasteiger charge is 2.25. The van der Waals surface area contributed by atoms with Crippen molar-refractivity contribution in [3.63, 3.8) is 0 Å². The van der Waals surface area contributed by atoms with E-state index in [9.17, 15) is 0 Å². The van der Waals surface area contributed by atoms with Crippen molar-refractivity contribution < 1.29 is 4.74 Å².